The summed E-state index contributed by atoms with van der Waals surface area (Å²) in [4.78, 5) is 23.0. The van der Waals surface area contributed by atoms with Gasteiger partial charge in [-0.05, 0) is 6.92 Å². The number of rotatable bonds is 2. The van der Waals surface area contributed by atoms with Crippen LogP contribution in [0.15, 0.2) is 6.07 Å². The van der Waals surface area contributed by atoms with E-state index in [0.717, 1.165) is 20.3 Å². The average Bonchev–Trinajstić information content (AvgIpc) is 2.31. The molecule has 0 aliphatic heterocycles. The second kappa shape index (κ2) is 4.73. The van der Waals surface area contributed by atoms with Gasteiger partial charge in [0.25, 0.3) is 0 Å². The second-order valence-corrected chi connectivity index (χ2v) is 3.27. The number of hydrogen-bond acceptors (Lipinski definition) is 6. The van der Waals surface area contributed by atoms with E-state index in [2.05, 4.69) is 9.47 Å². The fraction of sp³-hybridized carbons (Fsp3) is 0.273. The molecule has 0 unspecified atom stereocenters. The first-order chi connectivity index (χ1) is 7.93. The van der Waals surface area contributed by atoms with Crippen LogP contribution < -0.4 is 0 Å². The van der Waals surface area contributed by atoms with Crippen LogP contribution in [0.2, 0.25) is 0 Å². The summed E-state index contributed by atoms with van der Waals surface area (Å²) in [6, 6.07) is 0.966. The highest BCUT2D eigenvalue weighted by molar-refractivity contribution is 6.06. The van der Waals surface area contributed by atoms with Gasteiger partial charge in [-0.2, -0.15) is 0 Å². The number of hydrogen-bond donors (Lipinski definition) is 2. The van der Waals surface area contributed by atoms with Gasteiger partial charge in [-0.3, -0.25) is 0 Å². The number of esters is 2. The van der Waals surface area contributed by atoms with E-state index in [9.17, 15) is 19.8 Å². The number of methoxy groups -OCH3 is 2. The van der Waals surface area contributed by atoms with Crippen molar-refractivity contribution in [3.63, 3.8) is 0 Å². The van der Waals surface area contributed by atoms with Crippen molar-refractivity contribution in [2.75, 3.05) is 14.2 Å². The van der Waals surface area contributed by atoms with Crippen molar-refractivity contribution in [2.24, 2.45) is 0 Å². The molecule has 6 heteroatoms. The van der Waals surface area contributed by atoms with Crippen molar-refractivity contribution in [1.82, 2.24) is 0 Å². The van der Waals surface area contributed by atoms with E-state index in [-0.39, 0.29) is 22.4 Å². The van der Waals surface area contributed by atoms with E-state index in [1.54, 1.807) is 0 Å². The maximum Gasteiger partial charge on any atom is 0.342 e. The molecule has 0 heterocycles. The van der Waals surface area contributed by atoms with E-state index >= 15 is 0 Å². The number of phenolic OH excluding ortho intramolecular Hbond substituents is 2. The zero-order valence-electron chi connectivity index (χ0n) is 9.60. The van der Waals surface area contributed by atoms with E-state index in [1.807, 2.05) is 0 Å². The molecule has 0 fully saturated rings. The molecular formula is C11H12O6. The van der Waals surface area contributed by atoms with Crippen LogP contribution in [-0.4, -0.2) is 36.4 Å². The standard InChI is InChI=1S/C11H12O6/c1-5-6(12)4-7(13)9(11(15)17-3)8(5)10(14)16-2/h4,12-13H,1-3H3. The van der Waals surface area contributed by atoms with Gasteiger partial charge in [0, 0.05) is 11.6 Å². The molecule has 1 rings (SSSR count). The molecule has 0 atom stereocenters. The molecule has 1 aromatic carbocycles. The zero-order chi connectivity index (χ0) is 13.2. The Morgan fingerprint density at radius 3 is 1.94 bits per heavy atom. The fourth-order valence-corrected chi connectivity index (χ4v) is 1.42. The van der Waals surface area contributed by atoms with Crippen LogP contribution >= 0.6 is 0 Å². The molecular weight excluding hydrogens is 228 g/mol. The lowest BCUT2D eigenvalue weighted by atomic mass is 10.00. The molecule has 0 aliphatic carbocycles. The fourth-order valence-electron chi connectivity index (χ4n) is 1.42. The third-order valence-electron chi connectivity index (χ3n) is 2.32. The van der Waals surface area contributed by atoms with Crippen LogP contribution in [0.5, 0.6) is 11.5 Å². The third-order valence-corrected chi connectivity index (χ3v) is 2.32. The monoisotopic (exact) mass is 240 g/mol. The van der Waals surface area contributed by atoms with Gasteiger partial charge < -0.3 is 19.7 Å². The molecule has 2 N–H and O–H groups in total. The Bertz CT molecular complexity index is 477. The van der Waals surface area contributed by atoms with Gasteiger partial charge in [-0.1, -0.05) is 0 Å². The Hall–Kier alpha value is -2.24. The van der Waals surface area contributed by atoms with Crippen molar-refractivity contribution >= 4 is 11.9 Å². The zero-order valence-corrected chi connectivity index (χ0v) is 9.60. The molecule has 17 heavy (non-hydrogen) atoms. The lowest BCUT2D eigenvalue weighted by molar-refractivity contribution is 0.0551. The number of benzene rings is 1. The molecule has 0 spiro atoms. The second-order valence-electron chi connectivity index (χ2n) is 3.27. The maximum atomic E-state index is 11.5. The Balaban J connectivity index is 3.61. The van der Waals surface area contributed by atoms with Gasteiger partial charge in [0.15, 0.2) is 0 Å². The predicted molar refractivity (Wildman–Crippen MR) is 57.2 cm³/mol. The van der Waals surface area contributed by atoms with Crippen molar-refractivity contribution < 1.29 is 29.3 Å². The topological polar surface area (TPSA) is 93.1 Å². The van der Waals surface area contributed by atoms with Crippen molar-refractivity contribution in [3.05, 3.63) is 22.8 Å². The van der Waals surface area contributed by atoms with Crippen LogP contribution in [0, 0.1) is 6.92 Å². The number of carbonyl (C=O) groups is 2. The predicted octanol–water partition coefficient (Wildman–Crippen LogP) is 0.979. The van der Waals surface area contributed by atoms with Crippen LogP contribution in [0.25, 0.3) is 0 Å². The number of carbonyl (C=O) groups excluding carboxylic acids is 2. The highest BCUT2D eigenvalue weighted by atomic mass is 16.5. The molecule has 92 valence electrons. The van der Waals surface area contributed by atoms with Crippen LogP contribution in [0.4, 0.5) is 0 Å². The number of aromatic hydroxyl groups is 2. The first kappa shape index (κ1) is 12.8. The van der Waals surface area contributed by atoms with E-state index < -0.39 is 17.7 Å². The number of ether oxygens (including phenoxy) is 2. The van der Waals surface area contributed by atoms with Gasteiger partial charge in [-0.25, -0.2) is 9.59 Å². The summed E-state index contributed by atoms with van der Waals surface area (Å²) in [5.41, 5.74) is -0.401. The molecule has 0 saturated carbocycles. The highest BCUT2D eigenvalue weighted by Gasteiger charge is 2.26. The third kappa shape index (κ3) is 2.15. The van der Waals surface area contributed by atoms with Gasteiger partial charge in [-0.15, -0.1) is 0 Å². The summed E-state index contributed by atoms with van der Waals surface area (Å²) in [7, 11) is 2.24. The van der Waals surface area contributed by atoms with Crippen LogP contribution in [0.3, 0.4) is 0 Å². The quantitative estimate of drug-likeness (QED) is 0.748. The van der Waals surface area contributed by atoms with Crippen molar-refractivity contribution in [1.29, 1.82) is 0 Å². The highest BCUT2D eigenvalue weighted by Crippen LogP contribution is 2.32. The smallest absolute Gasteiger partial charge is 0.342 e. The minimum atomic E-state index is -0.883. The first-order valence-corrected chi connectivity index (χ1v) is 4.66. The van der Waals surface area contributed by atoms with Gasteiger partial charge >= 0.3 is 11.9 Å². The maximum absolute atomic E-state index is 11.5. The lowest BCUT2D eigenvalue weighted by Gasteiger charge is -2.12. The Labute approximate surface area is 97.4 Å². The molecule has 0 aliphatic rings. The molecule has 0 radical (unpaired) electrons. The Kier molecular flexibility index (Phi) is 3.57. The summed E-state index contributed by atoms with van der Waals surface area (Å²) >= 11 is 0. The summed E-state index contributed by atoms with van der Waals surface area (Å²) in [5.74, 6) is -2.57. The lowest BCUT2D eigenvalue weighted by Crippen LogP contribution is -2.14. The molecule has 6 nitrogen and oxygen atoms in total. The average molecular weight is 240 g/mol. The number of phenols is 2. The summed E-state index contributed by atoms with van der Waals surface area (Å²) in [6.07, 6.45) is 0. The van der Waals surface area contributed by atoms with Gasteiger partial charge in [0.1, 0.15) is 17.1 Å². The summed E-state index contributed by atoms with van der Waals surface area (Å²) in [6.45, 7) is 1.42. The minimum absolute atomic E-state index is 0.134. The minimum Gasteiger partial charge on any atom is -0.508 e. The van der Waals surface area contributed by atoms with E-state index in [1.165, 1.54) is 6.92 Å². The Morgan fingerprint density at radius 1 is 1.00 bits per heavy atom. The first-order valence-electron chi connectivity index (χ1n) is 4.66. The Morgan fingerprint density at radius 2 is 1.47 bits per heavy atom. The van der Waals surface area contributed by atoms with Gasteiger partial charge in [0.2, 0.25) is 0 Å². The molecule has 0 amide bonds. The van der Waals surface area contributed by atoms with Crippen molar-refractivity contribution in [3.8, 4) is 11.5 Å². The van der Waals surface area contributed by atoms with Crippen molar-refractivity contribution in [2.45, 2.75) is 6.92 Å². The molecule has 0 aromatic heterocycles. The molecule has 0 bridgehead atoms. The summed E-state index contributed by atoms with van der Waals surface area (Å²) < 4.78 is 8.95. The van der Waals surface area contributed by atoms with Gasteiger partial charge in [0.05, 0.1) is 19.8 Å². The SMILES string of the molecule is COC(=O)c1c(O)cc(O)c(C)c1C(=O)OC. The normalized spacial score (nSPS) is 9.82. The molecule has 0 saturated heterocycles. The van der Waals surface area contributed by atoms with Crippen LogP contribution in [-0.2, 0) is 9.47 Å². The van der Waals surface area contributed by atoms with Crippen LogP contribution in [0.1, 0.15) is 26.3 Å². The largest absolute Gasteiger partial charge is 0.508 e. The molecule has 1 aromatic rings. The summed E-state index contributed by atoms with van der Waals surface area (Å²) in [5, 5.41) is 19.1. The van der Waals surface area contributed by atoms with E-state index in [0.29, 0.717) is 0 Å². The van der Waals surface area contributed by atoms with E-state index in [4.69, 9.17) is 0 Å².